The van der Waals surface area contributed by atoms with Gasteiger partial charge in [0.15, 0.2) is 0 Å². The third-order valence-electron chi connectivity index (χ3n) is 2.33. The Balaban J connectivity index is 2.55. The van der Waals surface area contributed by atoms with Crippen LogP contribution in [0, 0.1) is 0 Å². The molecule has 1 aromatic carbocycles. The average molecular weight is 236 g/mol. The maximum atomic E-state index is 11.5. The summed E-state index contributed by atoms with van der Waals surface area (Å²) in [4.78, 5) is 11.5. The first-order chi connectivity index (χ1) is 8.15. The van der Waals surface area contributed by atoms with Gasteiger partial charge in [0, 0.05) is 24.8 Å². The van der Waals surface area contributed by atoms with Gasteiger partial charge in [0.25, 0.3) is 0 Å². The van der Waals surface area contributed by atoms with Gasteiger partial charge in [0.2, 0.25) is 0 Å². The van der Waals surface area contributed by atoms with Gasteiger partial charge >= 0.3 is 5.97 Å². The first-order valence-corrected chi connectivity index (χ1v) is 5.79. The zero-order valence-corrected chi connectivity index (χ0v) is 10.6. The van der Waals surface area contributed by atoms with Gasteiger partial charge in [-0.05, 0) is 12.1 Å². The van der Waals surface area contributed by atoms with Crippen molar-refractivity contribution in [2.75, 3.05) is 25.5 Å². The molecule has 0 heterocycles. The van der Waals surface area contributed by atoms with Crippen molar-refractivity contribution in [3.05, 3.63) is 29.8 Å². The van der Waals surface area contributed by atoms with Crippen LogP contribution in [0.2, 0.25) is 0 Å². The van der Waals surface area contributed by atoms with E-state index in [4.69, 9.17) is 4.74 Å². The molecule has 2 N–H and O–H groups in total. The highest BCUT2D eigenvalue weighted by Gasteiger charge is 2.09. The van der Waals surface area contributed by atoms with Gasteiger partial charge in [-0.3, -0.25) is 0 Å². The molecule has 0 saturated carbocycles. The molecule has 1 aromatic rings. The summed E-state index contributed by atoms with van der Waals surface area (Å²) in [5.74, 6) is -0.315. The van der Waals surface area contributed by atoms with Crippen molar-refractivity contribution < 1.29 is 9.53 Å². The standard InChI is InChI=1S/C13H20N2O2/c1-10(2)14-8-9-15-12-7-5-4-6-11(12)13(16)17-3/h4-7,10,14-15H,8-9H2,1-3H3. The minimum Gasteiger partial charge on any atom is -0.465 e. The van der Waals surface area contributed by atoms with Crippen LogP contribution < -0.4 is 10.6 Å². The quantitative estimate of drug-likeness (QED) is 0.585. The molecule has 94 valence electrons. The summed E-state index contributed by atoms with van der Waals surface area (Å²) in [6.07, 6.45) is 0. The van der Waals surface area contributed by atoms with E-state index in [1.165, 1.54) is 7.11 Å². The molecule has 1 rings (SSSR count). The van der Waals surface area contributed by atoms with E-state index < -0.39 is 0 Å². The first-order valence-electron chi connectivity index (χ1n) is 5.79. The summed E-state index contributed by atoms with van der Waals surface area (Å²) in [6.45, 7) is 5.82. The highest BCUT2D eigenvalue weighted by Crippen LogP contribution is 2.15. The van der Waals surface area contributed by atoms with Crippen molar-refractivity contribution in [2.45, 2.75) is 19.9 Å². The Morgan fingerprint density at radius 3 is 2.65 bits per heavy atom. The Hall–Kier alpha value is -1.55. The number of nitrogens with one attached hydrogen (secondary N) is 2. The number of rotatable bonds is 6. The third-order valence-corrected chi connectivity index (χ3v) is 2.33. The van der Waals surface area contributed by atoms with Crippen molar-refractivity contribution >= 4 is 11.7 Å². The number of carbonyl (C=O) groups is 1. The molecule has 0 unspecified atom stereocenters. The lowest BCUT2D eigenvalue weighted by Gasteiger charge is -2.12. The number of benzene rings is 1. The summed E-state index contributed by atoms with van der Waals surface area (Å²) >= 11 is 0. The lowest BCUT2D eigenvalue weighted by Crippen LogP contribution is -2.28. The second kappa shape index (κ2) is 6.91. The van der Waals surface area contributed by atoms with Gasteiger partial charge in [0.05, 0.1) is 12.7 Å². The van der Waals surface area contributed by atoms with Crippen molar-refractivity contribution in [1.29, 1.82) is 0 Å². The van der Waals surface area contributed by atoms with E-state index in [1.54, 1.807) is 6.07 Å². The second-order valence-electron chi connectivity index (χ2n) is 4.07. The summed E-state index contributed by atoms with van der Waals surface area (Å²) in [6, 6.07) is 7.81. The monoisotopic (exact) mass is 236 g/mol. The Morgan fingerprint density at radius 1 is 1.29 bits per heavy atom. The van der Waals surface area contributed by atoms with Crippen LogP contribution in [-0.4, -0.2) is 32.2 Å². The molecule has 4 heteroatoms. The molecule has 0 bridgehead atoms. The minimum absolute atomic E-state index is 0.315. The number of esters is 1. The normalized spacial score (nSPS) is 10.4. The van der Waals surface area contributed by atoms with Crippen LogP contribution in [0.1, 0.15) is 24.2 Å². The van der Waals surface area contributed by atoms with Crippen LogP contribution in [0.3, 0.4) is 0 Å². The number of ether oxygens (including phenoxy) is 1. The number of hydrogen-bond acceptors (Lipinski definition) is 4. The molecule has 17 heavy (non-hydrogen) atoms. The van der Waals surface area contributed by atoms with Crippen LogP contribution in [0.15, 0.2) is 24.3 Å². The molecule has 0 aliphatic rings. The maximum absolute atomic E-state index is 11.5. The number of hydrogen-bond donors (Lipinski definition) is 2. The molecule has 0 radical (unpaired) electrons. The lowest BCUT2D eigenvalue weighted by atomic mass is 10.2. The summed E-state index contributed by atoms with van der Waals surface area (Å²) in [5.41, 5.74) is 1.38. The molecule has 0 spiro atoms. The molecule has 0 fully saturated rings. The van der Waals surface area contributed by atoms with Crippen LogP contribution in [-0.2, 0) is 4.74 Å². The lowest BCUT2D eigenvalue weighted by molar-refractivity contribution is 0.0602. The van der Waals surface area contributed by atoms with E-state index in [-0.39, 0.29) is 5.97 Å². The van der Waals surface area contributed by atoms with Gasteiger partial charge in [-0.2, -0.15) is 0 Å². The van der Waals surface area contributed by atoms with E-state index in [9.17, 15) is 4.79 Å². The molecular weight excluding hydrogens is 216 g/mol. The summed E-state index contributed by atoms with van der Waals surface area (Å²) in [5, 5.41) is 6.52. The fourth-order valence-electron chi connectivity index (χ4n) is 1.48. The van der Waals surface area contributed by atoms with Gasteiger partial charge in [0.1, 0.15) is 0 Å². The molecule has 0 aromatic heterocycles. The molecule has 0 atom stereocenters. The molecular formula is C13H20N2O2. The summed E-state index contributed by atoms with van der Waals surface area (Å²) in [7, 11) is 1.39. The van der Waals surface area contributed by atoms with Crippen LogP contribution in [0.5, 0.6) is 0 Å². The van der Waals surface area contributed by atoms with Crippen LogP contribution in [0.4, 0.5) is 5.69 Å². The zero-order valence-electron chi connectivity index (χ0n) is 10.6. The van der Waals surface area contributed by atoms with E-state index >= 15 is 0 Å². The first kappa shape index (κ1) is 13.5. The number of carbonyl (C=O) groups excluding carboxylic acids is 1. The summed E-state index contributed by atoms with van der Waals surface area (Å²) < 4.78 is 4.73. The highest BCUT2D eigenvalue weighted by atomic mass is 16.5. The van der Waals surface area contributed by atoms with Crippen molar-refractivity contribution in [2.24, 2.45) is 0 Å². The molecule has 0 aliphatic heterocycles. The van der Waals surface area contributed by atoms with Gasteiger partial charge in [-0.1, -0.05) is 26.0 Å². The highest BCUT2D eigenvalue weighted by molar-refractivity contribution is 5.95. The number of anilines is 1. The van der Waals surface area contributed by atoms with Crippen LogP contribution in [0.25, 0.3) is 0 Å². The van der Waals surface area contributed by atoms with Gasteiger partial charge < -0.3 is 15.4 Å². The van der Waals surface area contributed by atoms with Crippen molar-refractivity contribution in [3.63, 3.8) is 0 Å². The Labute approximate surface area is 102 Å². The predicted octanol–water partition coefficient (Wildman–Crippen LogP) is 1.88. The van der Waals surface area contributed by atoms with Crippen molar-refractivity contribution in [1.82, 2.24) is 5.32 Å². The topological polar surface area (TPSA) is 50.4 Å². The Kier molecular flexibility index (Phi) is 5.49. The minimum atomic E-state index is -0.315. The van der Waals surface area contributed by atoms with Crippen LogP contribution >= 0.6 is 0 Å². The molecule has 0 saturated heterocycles. The number of para-hydroxylation sites is 1. The largest absolute Gasteiger partial charge is 0.465 e. The maximum Gasteiger partial charge on any atom is 0.339 e. The fraction of sp³-hybridized carbons (Fsp3) is 0.462. The Bertz CT molecular complexity index is 364. The van der Waals surface area contributed by atoms with E-state index in [0.29, 0.717) is 11.6 Å². The predicted molar refractivity (Wildman–Crippen MR) is 69.4 cm³/mol. The van der Waals surface area contributed by atoms with E-state index in [1.807, 2.05) is 18.2 Å². The van der Waals surface area contributed by atoms with E-state index in [0.717, 1.165) is 18.8 Å². The van der Waals surface area contributed by atoms with Crippen molar-refractivity contribution in [3.8, 4) is 0 Å². The smallest absolute Gasteiger partial charge is 0.339 e. The van der Waals surface area contributed by atoms with Gasteiger partial charge in [-0.15, -0.1) is 0 Å². The SMILES string of the molecule is COC(=O)c1ccccc1NCCNC(C)C. The molecule has 4 nitrogen and oxygen atoms in total. The molecule has 0 aliphatic carbocycles. The average Bonchev–Trinajstić information content (AvgIpc) is 2.34. The third kappa shape index (κ3) is 4.44. The van der Waals surface area contributed by atoms with Gasteiger partial charge in [-0.25, -0.2) is 4.79 Å². The second-order valence-corrected chi connectivity index (χ2v) is 4.07. The zero-order chi connectivity index (χ0) is 12.7. The molecule has 0 amide bonds. The Morgan fingerprint density at radius 2 is 2.00 bits per heavy atom. The fourth-order valence-corrected chi connectivity index (χ4v) is 1.48. The van der Waals surface area contributed by atoms with E-state index in [2.05, 4.69) is 24.5 Å². The number of methoxy groups -OCH3 is 1.